The molecule has 2 aliphatic rings. The Morgan fingerprint density at radius 3 is 2.47 bits per heavy atom. The second-order valence-corrected chi connectivity index (χ2v) is 6.22. The maximum atomic E-state index is 2.36. The second kappa shape index (κ2) is 4.48. The Morgan fingerprint density at radius 1 is 1.12 bits per heavy atom. The number of benzene rings is 1. The minimum absolute atomic E-state index is 0.651. The summed E-state index contributed by atoms with van der Waals surface area (Å²) in [5.41, 5.74) is 3.95. The van der Waals surface area contributed by atoms with Crippen molar-refractivity contribution >= 4 is 0 Å². The van der Waals surface area contributed by atoms with Crippen molar-refractivity contribution in [3.8, 4) is 0 Å². The first kappa shape index (κ1) is 11.3. The highest BCUT2D eigenvalue weighted by Gasteiger charge is 2.43. The second-order valence-electron chi connectivity index (χ2n) is 6.22. The summed E-state index contributed by atoms with van der Waals surface area (Å²) < 4.78 is 0. The number of rotatable bonds is 2. The summed E-state index contributed by atoms with van der Waals surface area (Å²) in [7, 11) is 0. The van der Waals surface area contributed by atoms with Crippen molar-refractivity contribution in [1.29, 1.82) is 0 Å². The summed E-state index contributed by atoms with van der Waals surface area (Å²) in [5.74, 6) is 0.994. The average molecular weight is 228 g/mol. The molecule has 0 radical (unpaired) electrons. The SMILES string of the molecule is CCCC1CCCCC12Cc1ccccc1C2. The van der Waals surface area contributed by atoms with E-state index in [2.05, 4.69) is 31.2 Å². The molecule has 3 rings (SSSR count). The standard InChI is InChI=1S/C17H24/c1-2-7-16-10-5-6-11-17(16)12-14-8-3-4-9-15(14)13-17/h3-4,8-9,16H,2,5-7,10-13H2,1H3. The lowest BCUT2D eigenvalue weighted by atomic mass is 9.63. The van der Waals surface area contributed by atoms with E-state index in [4.69, 9.17) is 0 Å². The van der Waals surface area contributed by atoms with Crippen LogP contribution in [0.25, 0.3) is 0 Å². The number of fused-ring (bicyclic) bond motifs is 1. The van der Waals surface area contributed by atoms with Crippen LogP contribution in [0.1, 0.15) is 56.6 Å². The van der Waals surface area contributed by atoms with Crippen molar-refractivity contribution in [3.05, 3.63) is 35.4 Å². The predicted molar refractivity (Wildman–Crippen MR) is 73.1 cm³/mol. The van der Waals surface area contributed by atoms with Gasteiger partial charge in [0.2, 0.25) is 0 Å². The molecule has 0 aromatic heterocycles. The third kappa shape index (κ3) is 1.92. The van der Waals surface area contributed by atoms with Gasteiger partial charge in [-0.15, -0.1) is 0 Å². The van der Waals surface area contributed by atoms with E-state index in [1.165, 1.54) is 51.4 Å². The number of hydrogen-bond donors (Lipinski definition) is 0. The van der Waals surface area contributed by atoms with Crippen LogP contribution in [-0.2, 0) is 12.8 Å². The van der Waals surface area contributed by atoms with E-state index >= 15 is 0 Å². The zero-order valence-electron chi connectivity index (χ0n) is 11.0. The maximum absolute atomic E-state index is 2.36. The van der Waals surface area contributed by atoms with Crippen molar-refractivity contribution in [2.45, 2.75) is 58.3 Å². The van der Waals surface area contributed by atoms with Gasteiger partial charge in [-0.25, -0.2) is 0 Å². The Hall–Kier alpha value is -0.780. The Labute approximate surface area is 105 Å². The lowest BCUT2D eigenvalue weighted by Crippen LogP contribution is -2.34. The molecule has 1 unspecified atom stereocenters. The van der Waals surface area contributed by atoms with Gasteiger partial charge in [0.1, 0.15) is 0 Å². The topological polar surface area (TPSA) is 0 Å². The van der Waals surface area contributed by atoms with Crippen LogP contribution in [0.3, 0.4) is 0 Å². The Bertz CT molecular complexity index is 364. The van der Waals surface area contributed by atoms with Gasteiger partial charge in [0.25, 0.3) is 0 Å². The first-order valence-corrected chi connectivity index (χ1v) is 7.41. The van der Waals surface area contributed by atoms with Gasteiger partial charge >= 0.3 is 0 Å². The molecule has 0 saturated heterocycles. The van der Waals surface area contributed by atoms with Gasteiger partial charge in [0, 0.05) is 0 Å². The smallest absolute Gasteiger partial charge is 0.0188 e. The van der Waals surface area contributed by atoms with Gasteiger partial charge < -0.3 is 0 Å². The van der Waals surface area contributed by atoms with E-state index in [9.17, 15) is 0 Å². The Balaban J connectivity index is 1.87. The zero-order valence-corrected chi connectivity index (χ0v) is 11.0. The van der Waals surface area contributed by atoms with Gasteiger partial charge in [0.05, 0.1) is 0 Å². The minimum Gasteiger partial charge on any atom is -0.0654 e. The van der Waals surface area contributed by atoms with Gasteiger partial charge in [-0.2, -0.15) is 0 Å². The van der Waals surface area contributed by atoms with Crippen LogP contribution in [0.4, 0.5) is 0 Å². The van der Waals surface area contributed by atoms with Crippen LogP contribution in [0.2, 0.25) is 0 Å². The summed E-state index contributed by atoms with van der Waals surface area (Å²) in [6, 6.07) is 9.16. The normalized spacial score (nSPS) is 26.1. The summed E-state index contributed by atoms with van der Waals surface area (Å²) in [4.78, 5) is 0. The molecule has 1 atom stereocenters. The van der Waals surface area contributed by atoms with E-state index < -0.39 is 0 Å². The van der Waals surface area contributed by atoms with Crippen molar-refractivity contribution in [2.24, 2.45) is 11.3 Å². The van der Waals surface area contributed by atoms with E-state index in [1.54, 1.807) is 11.1 Å². The zero-order chi connectivity index (χ0) is 11.7. The van der Waals surface area contributed by atoms with E-state index in [1.807, 2.05) is 0 Å². The first-order chi connectivity index (χ1) is 8.34. The first-order valence-electron chi connectivity index (χ1n) is 7.41. The third-order valence-electron chi connectivity index (χ3n) is 5.18. The van der Waals surface area contributed by atoms with Crippen molar-refractivity contribution in [1.82, 2.24) is 0 Å². The highest BCUT2D eigenvalue weighted by molar-refractivity contribution is 5.35. The average Bonchev–Trinajstić information content (AvgIpc) is 2.71. The van der Waals surface area contributed by atoms with Crippen LogP contribution >= 0.6 is 0 Å². The van der Waals surface area contributed by atoms with Crippen LogP contribution in [0.5, 0.6) is 0 Å². The van der Waals surface area contributed by atoms with Crippen LogP contribution in [0.15, 0.2) is 24.3 Å². The molecule has 1 spiro atoms. The van der Waals surface area contributed by atoms with Crippen LogP contribution in [0, 0.1) is 11.3 Å². The van der Waals surface area contributed by atoms with Crippen molar-refractivity contribution in [2.75, 3.05) is 0 Å². The monoisotopic (exact) mass is 228 g/mol. The quantitative estimate of drug-likeness (QED) is 0.684. The highest BCUT2D eigenvalue weighted by atomic mass is 14.5. The highest BCUT2D eigenvalue weighted by Crippen LogP contribution is 2.52. The lowest BCUT2D eigenvalue weighted by Gasteiger charge is -2.42. The van der Waals surface area contributed by atoms with Gasteiger partial charge in [-0.1, -0.05) is 56.9 Å². The third-order valence-corrected chi connectivity index (χ3v) is 5.18. The van der Waals surface area contributed by atoms with E-state index in [0.29, 0.717) is 5.41 Å². The summed E-state index contributed by atoms with van der Waals surface area (Å²) in [6.07, 6.45) is 11.5. The van der Waals surface area contributed by atoms with Gasteiger partial charge in [0.15, 0.2) is 0 Å². The molecule has 1 aromatic carbocycles. The van der Waals surface area contributed by atoms with Crippen molar-refractivity contribution < 1.29 is 0 Å². The van der Waals surface area contributed by atoms with Gasteiger partial charge in [-0.3, -0.25) is 0 Å². The molecule has 92 valence electrons. The molecule has 0 nitrogen and oxygen atoms in total. The van der Waals surface area contributed by atoms with E-state index in [0.717, 1.165) is 5.92 Å². The van der Waals surface area contributed by atoms with Crippen LogP contribution < -0.4 is 0 Å². The fraction of sp³-hybridized carbons (Fsp3) is 0.647. The summed E-state index contributed by atoms with van der Waals surface area (Å²) in [5, 5.41) is 0. The largest absolute Gasteiger partial charge is 0.0654 e. The minimum atomic E-state index is 0.651. The molecule has 1 aromatic rings. The van der Waals surface area contributed by atoms with Crippen molar-refractivity contribution in [3.63, 3.8) is 0 Å². The molecule has 0 bridgehead atoms. The molecule has 0 amide bonds. The number of hydrogen-bond acceptors (Lipinski definition) is 0. The Morgan fingerprint density at radius 2 is 1.82 bits per heavy atom. The van der Waals surface area contributed by atoms with Gasteiger partial charge in [-0.05, 0) is 48.1 Å². The molecule has 17 heavy (non-hydrogen) atoms. The molecule has 1 saturated carbocycles. The molecule has 1 fully saturated rings. The molecule has 0 heterocycles. The molecule has 2 aliphatic carbocycles. The molecular weight excluding hydrogens is 204 g/mol. The molecule has 0 N–H and O–H groups in total. The molecular formula is C17H24. The van der Waals surface area contributed by atoms with E-state index in [-0.39, 0.29) is 0 Å². The fourth-order valence-electron chi connectivity index (χ4n) is 4.37. The fourth-order valence-corrected chi connectivity index (χ4v) is 4.37. The summed E-state index contributed by atoms with van der Waals surface area (Å²) in [6.45, 7) is 2.35. The lowest BCUT2D eigenvalue weighted by molar-refractivity contribution is 0.0968. The predicted octanol–water partition coefficient (Wildman–Crippen LogP) is 4.76. The maximum Gasteiger partial charge on any atom is -0.0188 e. The summed E-state index contributed by atoms with van der Waals surface area (Å²) >= 11 is 0. The molecule has 0 aliphatic heterocycles. The molecule has 0 heteroatoms. The van der Waals surface area contributed by atoms with Crippen LogP contribution in [-0.4, -0.2) is 0 Å². The Kier molecular flexibility index (Phi) is 2.98.